The zero-order chi connectivity index (χ0) is 19.6. The normalized spacial score (nSPS) is 13.2. The molecule has 3 rings (SSSR count). The highest BCUT2D eigenvalue weighted by Gasteiger charge is 2.22. The average Bonchev–Trinajstić information content (AvgIpc) is 2.99. The van der Waals surface area contributed by atoms with Crippen molar-refractivity contribution in [2.45, 2.75) is 31.3 Å². The second-order valence-corrected chi connectivity index (χ2v) is 7.98. The van der Waals surface area contributed by atoms with Gasteiger partial charge in [0.25, 0.3) is 15.9 Å². The molecule has 1 aliphatic rings. The molecular formula is C18H19N3O5S. The fourth-order valence-corrected chi connectivity index (χ4v) is 3.46. The van der Waals surface area contributed by atoms with Crippen molar-refractivity contribution in [2.24, 2.45) is 0 Å². The summed E-state index contributed by atoms with van der Waals surface area (Å²) in [6.45, 7) is 3.78. The van der Waals surface area contributed by atoms with Crippen LogP contribution in [0.4, 0.5) is 5.69 Å². The third-order valence-electron chi connectivity index (χ3n) is 3.80. The van der Waals surface area contributed by atoms with E-state index in [1.165, 1.54) is 30.3 Å². The molecule has 9 heteroatoms. The predicted molar refractivity (Wildman–Crippen MR) is 98.8 cm³/mol. The quantitative estimate of drug-likeness (QED) is 0.650. The van der Waals surface area contributed by atoms with Crippen LogP contribution in [0.25, 0.3) is 0 Å². The van der Waals surface area contributed by atoms with Crippen LogP contribution in [0.2, 0.25) is 0 Å². The summed E-state index contributed by atoms with van der Waals surface area (Å²) in [6.07, 6.45) is 0.129. The Kier molecular flexibility index (Phi) is 5.15. The fourth-order valence-electron chi connectivity index (χ4n) is 2.57. The molecule has 2 aromatic rings. The maximum atomic E-state index is 12.4. The molecule has 8 nitrogen and oxygen atoms in total. The van der Waals surface area contributed by atoms with Crippen molar-refractivity contribution < 1.29 is 22.7 Å². The van der Waals surface area contributed by atoms with Gasteiger partial charge in [0, 0.05) is 11.3 Å². The SMILES string of the molecule is CC(C)Oc1ccc(C(=O)NNS(=O)(=O)c2ccc3c(c2)CC(=O)N3)cc1. The number of ether oxygens (including phenoxy) is 1. The zero-order valence-electron chi connectivity index (χ0n) is 14.8. The Labute approximate surface area is 156 Å². The van der Waals surface area contributed by atoms with Gasteiger partial charge in [-0.05, 0) is 61.9 Å². The van der Waals surface area contributed by atoms with Gasteiger partial charge in [0.1, 0.15) is 5.75 Å². The second kappa shape index (κ2) is 7.37. The van der Waals surface area contributed by atoms with Crippen molar-refractivity contribution in [1.82, 2.24) is 10.3 Å². The number of anilines is 1. The van der Waals surface area contributed by atoms with E-state index in [2.05, 4.69) is 15.6 Å². The summed E-state index contributed by atoms with van der Waals surface area (Å²) in [5.41, 5.74) is 3.63. The first-order valence-corrected chi connectivity index (χ1v) is 9.74. The summed E-state index contributed by atoms with van der Waals surface area (Å²) < 4.78 is 30.2. The molecule has 1 aliphatic heterocycles. The maximum Gasteiger partial charge on any atom is 0.266 e. The Morgan fingerprint density at radius 1 is 1.15 bits per heavy atom. The molecule has 2 aromatic carbocycles. The summed E-state index contributed by atoms with van der Waals surface area (Å²) >= 11 is 0. The molecule has 0 atom stereocenters. The second-order valence-electron chi connectivity index (χ2n) is 6.29. The monoisotopic (exact) mass is 389 g/mol. The molecule has 0 saturated carbocycles. The van der Waals surface area contributed by atoms with E-state index >= 15 is 0 Å². The molecule has 0 unspecified atom stereocenters. The van der Waals surface area contributed by atoms with Gasteiger partial charge in [-0.3, -0.25) is 15.0 Å². The Morgan fingerprint density at radius 2 is 1.85 bits per heavy atom. The van der Waals surface area contributed by atoms with E-state index in [0.29, 0.717) is 17.0 Å². The van der Waals surface area contributed by atoms with E-state index in [4.69, 9.17) is 4.74 Å². The third-order valence-corrected chi connectivity index (χ3v) is 5.04. The topological polar surface area (TPSA) is 114 Å². The molecule has 0 aromatic heterocycles. The van der Waals surface area contributed by atoms with Crippen molar-refractivity contribution in [2.75, 3.05) is 5.32 Å². The number of benzene rings is 2. The standard InChI is InChI=1S/C18H19N3O5S/c1-11(2)26-14-5-3-12(4-6-14)18(23)20-21-27(24,25)15-7-8-16-13(9-15)10-17(22)19-16/h3-9,11,21H,10H2,1-2H3,(H,19,22)(H,20,23). The highest BCUT2D eigenvalue weighted by atomic mass is 32.2. The first-order chi connectivity index (χ1) is 12.7. The summed E-state index contributed by atoms with van der Waals surface area (Å²) in [5.74, 6) is -0.179. The Hall–Kier alpha value is -2.91. The van der Waals surface area contributed by atoms with Gasteiger partial charge in [0.15, 0.2) is 0 Å². The molecule has 0 fully saturated rings. The number of sulfonamides is 1. The molecule has 27 heavy (non-hydrogen) atoms. The molecule has 0 bridgehead atoms. The number of carbonyl (C=O) groups excluding carboxylic acids is 2. The zero-order valence-corrected chi connectivity index (χ0v) is 15.6. The van der Waals surface area contributed by atoms with Crippen molar-refractivity contribution in [3.05, 3.63) is 53.6 Å². The Bertz CT molecular complexity index is 985. The van der Waals surface area contributed by atoms with Crippen molar-refractivity contribution in [3.8, 4) is 5.75 Å². The molecule has 3 N–H and O–H groups in total. The van der Waals surface area contributed by atoms with E-state index in [0.717, 1.165) is 0 Å². The van der Waals surface area contributed by atoms with Crippen LogP contribution in [0.15, 0.2) is 47.4 Å². The smallest absolute Gasteiger partial charge is 0.266 e. The largest absolute Gasteiger partial charge is 0.491 e. The van der Waals surface area contributed by atoms with Gasteiger partial charge in [0.05, 0.1) is 17.4 Å². The number of nitrogens with one attached hydrogen (secondary N) is 3. The van der Waals surface area contributed by atoms with E-state index in [1.54, 1.807) is 12.1 Å². The molecule has 2 amide bonds. The number of carbonyl (C=O) groups is 2. The van der Waals surface area contributed by atoms with Crippen LogP contribution in [-0.4, -0.2) is 26.3 Å². The minimum atomic E-state index is -3.97. The summed E-state index contributed by atoms with van der Waals surface area (Å²) in [6, 6.07) is 10.6. The number of hydrogen-bond donors (Lipinski definition) is 3. The van der Waals surface area contributed by atoms with E-state index in [9.17, 15) is 18.0 Å². The van der Waals surface area contributed by atoms with Gasteiger partial charge in [-0.15, -0.1) is 4.83 Å². The molecule has 0 aliphatic carbocycles. The third kappa shape index (κ3) is 4.44. The predicted octanol–water partition coefficient (Wildman–Crippen LogP) is 1.59. The highest BCUT2D eigenvalue weighted by molar-refractivity contribution is 7.89. The average molecular weight is 389 g/mol. The van der Waals surface area contributed by atoms with Crippen molar-refractivity contribution in [1.29, 1.82) is 0 Å². The van der Waals surface area contributed by atoms with Gasteiger partial charge >= 0.3 is 0 Å². The minimum absolute atomic E-state index is 0.00861. The van der Waals surface area contributed by atoms with Gasteiger partial charge < -0.3 is 10.1 Å². The van der Waals surface area contributed by atoms with Crippen LogP contribution in [0.1, 0.15) is 29.8 Å². The first-order valence-electron chi connectivity index (χ1n) is 8.26. The van der Waals surface area contributed by atoms with Gasteiger partial charge in [0.2, 0.25) is 5.91 Å². The lowest BCUT2D eigenvalue weighted by molar-refractivity contribution is -0.115. The minimum Gasteiger partial charge on any atom is -0.491 e. The van der Waals surface area contributed by atoms with Crippen LogP contribution < -0.4 is 20.3 Å². The van der Waals surface area contributed by atoms with E-state index < -0.39 is 15.9 Å². The van der Waals surface area contributed by atoms with Crippen LogP contribution >= 0.6 is 0 Å². The van der Waals surface area contributed by atoms with Crippen LogP contribution in [0.3, 0.4) is 0 Å². The molecule has 142 valence electrons. The van der Waals surface area contributed by atoms with Crippen molar-refractivity contribution >= 4 is 27.5 Å². The van der Waals surface area contributed by atoms with Gasteiger partial charge in [-0.2, -0.15) is 0 Å². The maximum absolute atomic E-state index is 12.4. The number of rotatable bonds is 6. The summed E-state index contributed by atoms with van der Waals surface area (Å²) in [4.78, 5) is 25.5. The molecule has 0 spiro atoms. The summed E-state index contributed by atoms with van der Waals surface area (Å²) in [7, 11) is -3.97. The molecule has 0 saturated heterocycles. The number of hydrazine groups is 1. The molecular weight excluding hydrogens is 370 g/mol. The lowest BCUT2D eigenvalue weighted by atomic mass is 10.2. The van der Waals surface area contributed by atoms with Crippen LogP contribution in [-0.2, 0) is 21.2 Å². The van der Waals surface area contributed by atoms with E-state index in [-0.39, 0.29) is 28.9 Å². The van der Waals surface area contributed by atoms with Gasteiger partial charge in [-0.25, -0.2) is 8.42 Å². The number of amides is 2. The number of fused-ring (bicyclic) bond motifs is 1. The Morgan fingerprint density at radius 3 is 2.52 bits per heavy atom. The van der Waals surface area contributed by atoms with Crippen molar-refractivity contribution in [3.63, 3.8) is 0 Å². The van der Waals surface area contributed by atoms with Gasteiger partial charge in [-0.1, -0.05) is 0 Å². The molecule has 1 heterocycles. The summed E-state index contributed by atoms with van der Waals surface area (Å²) in [5, 5.41) is 2.63. The lowest BCUT2D eigenvalue weighted by Crippen LogP contribution is -2.41. The highest BCUT2D eigenvalue weighted by Crippen LogP contribution is 2.25. The fraction of sp³-hybridized carbons (Fsp3) is 0.222. The van der Waals surface area contributed by atoms with Crippen LogP contribution in [0, 0.1) is 0 Å². The lowest BCUT2D eigenvalue weighted by Gasteiger charge is -2.11. The van der Waals surface area contributed by atoms with E-state index in [1.807, 2.05) is 13.8 Å². The van der Waals surface area contributed by atoms with Crippen LogP contribution in [0.5, 0.6) is 5.75 Å². The first kappa shape index (κ1) is 18.9. The number of hydrogen-bond acceptors (Lipinski definition) is 5. The Balaban J connectivity index is 1.66. The molecule has 0 radical (unpaired) electrons.